The molecule has 2 aliphatic heterocycles. The molecule has 2 atom stereocenters. The Hall–Kier alpha value is -0.810. The Morgan fingerprint density at radius 1 is 1.38 bits per heavy atom. The minimum atomic E-state index is -0.266. The van der Waals surface area contributed by atoms with Gasteiger partial charge in [-0.15, -0.1) is 12.4 Å². The van der Waals surface area contributed by atoms with E-state index < -0.39 is 0 Å². The third-order valence-corrected chi connectivity index (χ3v) is 4.34. The molecule has 1 N–H and O–H groups in total. The summed E-state index contributed by atoms with van der Waals surface area (Å²) >= 11 is 6.29. The number of halogens is 2. The predicted octanol–water partition coefficient (Wildman–Crippen LogP) is 2.41. The average Bonchev–Trinajstić information content (AvgIpc) is 3.01. The first-order valence-electron chi connectivity index (χ1n) is 7.14. The van der Waals surface area contributed by atoms with Gasteiger partial charge < -0.3 is 15.0 Å². The van der Waals surface area contributed by atoms with Crippen LogP contribution in [0.5, 0.6) is 0 Å². The maximum atomic E-state index is 12.6. The van der Waals surface area contributed by atoms with Gasteiger partial charge in [-0.25, -0.2) is 0 Å². The average molecular weight is 331 g/mol. The Balaban J connectivity index is 0.00000161. The van der Waals surface area contributed by atoms with Crippen LogP contribution in [0.4, 0.5) is 0 Å². The van der Waals surface area contributed by atoms with E-state index in [9.17, 15) is 4.79 Å². The minimum absolute atomic E-state index is 0. The maximum absolute atomic E-state index is 12.6. The Morgan fingerprint density at radius 2 is 2.19 bits per heavy atom. The molecule has 1 amide bonds. The van der Waals surface area contributed by atoms with Crippen LogP contribution in [0.1, 0.15) is 24.4 Å². The van der Waals surface area contributed by atoms with Crippen molar-refractivity contribution >= 4 is 29.9 Å². The Labute approximate surface area is 136 Å². The molecule has 3 rings (SSSR count). The third kappa shape index (κ3) is 3.51. The quantitative estimate of drug-likeness (QED) is 0.905. The van der Waals surface area contributed by atoms with Gasteiger partial charge in [-0.05, 0) is 24.5 Å². The van der Waals surface area contributed by atoms with Crippen molar-refractivity contribution < 1.29 is 9.53 Å². The lowest BCUT2D eigenvalue weighted by molar-refractivity contribution is -0.144. The van der Waals surface area contributed by atoms with E-state index in [4.69, 9.17) is 16.3 Å². The first kappa shape index (κ1) is 16.6. The lowest BCUT2D eigenvalue weighted by atomic mass is 10.0. The number of hydrogen-bond donors (Lipinski definition) is 1. The summed E-state index contributed by atoms with van der Waals surface area (Å²) in [5, 5.41) is 4.06. The van der Waals surface area contributed by atoms with Crippen molar-refractivity contribution in [2.45, 2.75) is 25.0 Å². The van der Waals surface area contributed by atoms with Crippen LogP contribution in [0.25, 0.3) is 0 Å². The van der Waals surface area contributed by atoms with Crippen LogP contribution in [0.2, 0.25) is 5.02 Å². The van der Waals surface area contributed by atoms with Gasteiger partial charge in [0.25, 0.3) is 5.91 Å². The molecule has 2 aliphatic rings. The first-order chi connectivity index (χ1) is 9.77. The summed E-state index contributed by atoms with van der Waals surface area (Å²) in [7, 11) is 0. The molecule has 0 bridgehead atoms. The van der Waals surface area contributed by atoms with Crippen LogP contribution in [0, 0.1) is 0 Å². The van der Waals surface area contributed by atoms with Crippen molar-refractivity contribution in [3.05, 3.63) is 34.9 Å². The number of benzene rings is 1. The molecule has 0 aromatic heterocycles. The number of nitrogens with zero attached hydrogens (tertiary/aromatic N) is 1. The van der Waals surface area contributed by atoms with Crippen molar-refractivity contribution in [3.8, 4) is 0 Å². The van der Waals surface area contributed by atoms with Crippen molar-refractivity contribution in [3.63, 3.8) is 0 Å². The van der Waals surface area contributed by atoms with Gasteiger partial charge in [-0.3, -0.25) is 4.79 Å². The molecule has 2 saturated heterocycles. The van der Waals surface area contributed by atoms with Crippen molar-refractivity contribution in [2.24, 2.45) is 0 Å². The van der Waals surface area contributed by atoms with Crippen molar-refractivity contribution in [2.75, 3.05) is 26.2 Å². The van der Waals surface area contributed by atoms with E-state index in [1.807, 2.05) is 29.2 Å². The summed E-state index contributed by atoms with van der Waals surface area (Å²) in [6.07, 6.45) is 1.54. The molecule has 21 heavy (non-hydrogen) atoms. The van der Waals surface area contributed by atoms with Gasteiger partial charge in [0, 0.05) is 31.3 Å². The Morgan fingerprint density at radius 3 is 2.90 bits per heavy atom. The summed E-state index contributed by atoms with van der Waals surface area (Å²) in [6.45, 7) is 2.95. The standard InChI is InChI=1S/C15H19ClN2O2.ClH/c16-12-5-2-1-4-11(12)13-10-17-7-8-18(13)15(19)14-6-3-9-20-14;/h1-2,4-5,13-14,17H,3,6-10H2;1H. The summed E-state index contributed by atoms with van der Waals surface area (Å²) in [5.74, 6) is 0.105. The highest BCUT2D eigenvalue weighted by atomic mass is 35.5. The first-order valence-corrected chi connectivity index (χ1v) is 7.52. The SMILES string of the molecule is Cl.O=C(C1CCCO1)N1CCNCC1c1ccccc1Cl. The van der Waals surface area contributed by atoms with Gasteiger partial charge in [-0.1, -0.05) is 29.8 Å². The molecular weight excluding hydrogens is 311 g/mol. The molecule has 0 spiro atoms. The lowest BCUT2D eigenvalue weighted by Crippen LogP contribution is -2.51. The summed E-state index contributed by atoms with van der Waals surface area (Å²) in [4.78, 5) is 14.5. The van der Waals surface area contributed by atoms with Crippen LogP contribution >= 0.6 is 24.0 Å². The number of piperazine rings is 1. The zero-order valence-electron chi connectivity index (χ0n) is 11.8. The molecule has 1 aromatic carbocycles. The fourth-order valence-corrected chi connectivity index (χ4v) is 3.21. The Kier molecular flexibility index (Phi) is 5.88. The minimum Gasteiger partial charge on any atom is -0.368 e. The van der Waals surface area contributed by atoms with Crippen molar-refractivity contribution in [1.82, 2.24) is 10.2 Å². The second-order valence-electron chi connectivity index (χ2n) is 5.27. The Bertz CT molecular complexity index is 492. The van der Waals surface area contributed by atoms with E-state index in [1.54, 1.807) is 0 Å². The highest BCUT2D eigenvalue weighted by molar-refractivity contribution is 6.31. The molecule has 4 nitrogen and oxygen atoms in total. The zero-order valence-corrected chi connectivity index (χ0v) is 13.3. The largest absolute Gasteiger partial charge is 0.368 e. The molecule has 0 radical (unpaired) electrons. The summed E-state index contributed by atoms with van der Waals surface area (Å²) < 4.78 is 5.54. The van der Waals surface area contributed by atoms with Crippen LogP contribution in [-0.4, -0.2) is 43.2 Å². The molecule has 2 unspecified atom stereocenters. The number of rotatable bonds is 2. The molecule has 0 saturated carbocycles. The van der Waals surface area contributed by atoms with E-state index >= 15 is 0 Å². The number of nitrogens with one attached hydrogen (secondary N) is 1. The van der Waals surface area contributed by atoms with Crippen LogP contribution in [0.15, 0.2) is 24.3 Å². The van der Waals surface area contributed by atoms with Crippen molar-refractivity contribution in [1.29, 1.82) is 0 Å². The fourth-order valence-electron chi connectivity index (χ4n) is 2.95. The molecule has 2 heterocycles. The van der Waals surface area contributed by atoms with Gasteiger partial charge in [0.2, 0.25) is 0 Å². The fraction of sp³-hybridized carbons (Fsp3) is 0.533. The van der Waals surface area contributed by atoms with Crippen LogP contribution in [0.3, 0.4) is 0 Å². The van der Waals surface area contributed by atoms with Gasteiger partial charge in [-0.2, -0.15) is 0 Å². The third-order valence-electron chi connectivity index (χ3n) is 4.00. The smallest absolute Gasteiger partial charge is 0.252 e. The maximum Gasteiger partial charge on any atom is 0.252 e. The predicted molar refractivity (Wildman–Crippen MR) is 85.0 cm³/mol. The van der Waals surface area contributed by atoms with Gasteiger partial charge in [0.1, 0.15) is 6.10 Å². The number of ether oxygens (including phenoxy) is 1. The summed E-state index contributed by atoms with van der Waals surface area (Å²) in [5.41, 5.74) is 1.01. The molecular formula is C15H20Cl2N2O2. The lowest BCUT2D eigenvalue weighted by Gasteiger charge is -2.38. The number of carbonyl (C=O) groups is 1. The molecule has 1 aromatic rings. The van der Waals surface area contributed by atoms with Crippen LogP contribution < -0.4 is 5.32 Å². The second kappa shape index (κ2) is 7.45. The molecule has 6 heteroatoms. The van der Waals surface area contributed by atoms with E-state index in [1.165, 1.54) is 0 Å². The van der Waals surface area contributed by atoms with E-state index in [-0.39, 0.29) is 30.5 Å². The van der Waals surface area contributed by atoms with Crippen LogP contribution in [-0.2, 0) is 9.53 Å². The van der Waals surface area contributed by atoms with Gasteiger partial charge in [0.05, 0.1) is 6.04 Å². The topological polar surface area (TPSA) is 41.6 Å². The number of amides is 1. The van der Waals surface area contributed by atoms with Gasteiger partial charge in [0.15, 0.2) is 0 Å². The normalized spacial score (nSPS) is 25.5. The van der Waals surface area contributed by atoms with E-state index in [0.29, 0.717) is 18.2 Å². The van der Waals surface area contributed by atoms with E-state index in [2.05, 4.69) is 5.32 Å². The number of hydrogen-bond acceptors (Lipinski definition) is 3. The monoisotopic (exact) mass is 330 g/mol. The second-order valence-corrected chi connectivity index (χ2v) is 5.68. The van der Waals surface area contributed by atoms with Gasteiger partial charge >= 0.3 is 0 Å². The molecule has 116 valence electrons. The summed E-state index contributed by atoms with van der Waals surface area (Å²) in [6, 6.07) is 7.74. The molecule has 0 aliphatic carbocycles. The highest BCUT2D eigenvalue weighted by Gasteiger charge is 2.34. The number of carbonyl (C=O) groups excluding carboxylic acids is 1. The van der Waals surface area contributed by atoms with E-state index in [0.717, 1.165) is 31.5 Å². The highest BCUT2D eigenvalue weighted by Crippen LogP contribution is 2.30. The zero-order chi connectivity index (χ0) is 13.9. The molecule has 2 fully saturated rings.